The summed E-state index contributed by atoms with van der Waals surface area (Å²) < 4.78 is 0. The van der Waals surface area contributed by atoms with Crippen molar-refractivity contribution in [2.24, 2.45) is 0 Å². The van der Waals surface area contributed by atoms with Crippen LogP contribution in [0.3, 0.4) is 0 Å². The first-order valence-electron chi connectivity index (χ1n) is 18.6. The van der Waals surface area contributed by atoms with E-state index in [1.54, 1.807) is 0 Å². The molecule has 0 unspecified atom stereocenters. The number of aromatic nitrogens is 2. The summed E-state index contributed by atoms with van der Waals surface area (Å²) >= 11 is 0. The zero-order chi connectivity index (χ0) is 36.3. The van der Waals surface area contributed by atoms with Gasteiger partial charge in [0.15, 0.2) is 5.82 Å². The minimum Gasteiger partial charge on any atom is -0.228 e. The van der Waals surface area contributed by atoms with Gasteiger partial charge in [0.1, 0.15) is 0 Å². The van der Waals surface area contributed by atoms with Gasteiger partial charge >= 0.3 is 0 Å². The monoisotopic (exact) mass is 682 g/mol. The molecule has 2 heteroatoms. The largest absolute Gasteiger partial charge is 0.228 e. The average Bonchev–Trinajstić information content (AvgIpc) is 3.42. The molecule has 8 aromatic rings. The number of benzene rings is 7. The third-order valence-corrected chi connectivity index (χ3v) is 11.1. The standard InChI is InChI=1S/C51H42N2/c1-50(2,3)38-25-27-43-42-26-24-37(30-45(42)51(4,5)46(43)31-38)39-28-29-44(41-19-13-12-18-40(39)41)48-32-47(52-49(53-48)36-16-10-7-11-17-36)35-22-20-34(21-23-35)33-14-8-6-9-15-33/h6-32H,1-5H3. The molecule has 0 fully saturated rings. The second kappa shape index (κ2) is 12.5. The van der Waals surface area contributed by atoms with Gasteiger partial charge in [0, 0.05) is 22.1 Å². The van der Waals surface area contributed by atoms with Crippen molar-refractivity contribution in [1.82, 2.24) is 9.97 Å². The minimum atomic E-state index is -0.0951. The van der Waals surface area contributed by atoms with Crippen LogP contribution >= 0.6 is 0 Å². The van der Waals surface area contributed by atoms with Crippen LogP contribution in [0, 0.1) is 0 Å². The van der Waals surface area contributed by atoms with Gasteiger partial charge < -0.3 is 0 Å². The van der Waals surface area contributed by atoms with Gasteiger partial charge in [-0.2, -0.15) is 0 Å². The highest BCUT2D eigenvalue weighted by atomic mass is 14.9. The van der Waals surface area contributed by atoms with Crippen molar-refractivity contribution in [3.63, 3.8) is 0 Å². The number of rotatable bonds is 5. The third kappa shape index (κ3) is 5.76. The number of nitrogens with zero attached hydrogens (tertiary/aromatic N) is 2. The smallest absolute Gasteiger partial charge is 0.160 e. The molecular weight excluding hydrogens is 641 g/mol. The Balaban J connectivity index is 1.16. The Morgan fingerprint density at radius 1 is 0.396 bits per heavy atom. The summed E-state index contributed by atoms with van der Waals surface area (Å²) in [5.74, 6) is 0.716. The fraction of sp³-hybridized carbons (Fsp3) is 0.137. The van der Waals surface area contributed by atoms with E-state index in [-0.39, 0.29) is 10.8 Å². The van der Waals surface area contributed by atoms with Crippen LogP contribution in [0.25, 0.3) is 78.1 Å². The molecule has 256 valence electrons. The van der Waals surface area contributed by atoms with Gasteiger partial charge in [0.2, 0.25) is 0 Å². The number of hydrogen-bond acceptors (Lipinski definition) is 2. The highest BCUT2D eigenvalue weighted by Crippen LogP contribution is 2.51. The van der Waals surface area contributed by atoms with Crippen LogP contribution in [0.15, 0.2) is 164 Å². The van der Waals surface area contributed by atoms with Gasteiger partial charge in [-0.05, 0) is 78.4 Å². The van der Waals surface area contributed by atoms with E-state index in [2.05, 4.69) is 180 Å². The molecule has 1 aliphatic rings. The Morgan fingerprint density at radius 2 is 0.887 bits per heavy atom. The fourth-order valence-electron chi connectivity index (χ4n) is 8.06. The Kier molecular flexibility index (Phi) is 7.75. The van der Waals surface area contributed by atoms with Gasteiger partial charge in [-0.1, -0.05) is 186 Å². The Hall–Kier alpha value is -6.12. The van der Waals surface area contributed by atoms with Gasteiger partial charge in [-0.25, -0.2) is 9.97 Å². The van der Waals surface area contributed by atoms with Crippen molar-refractivity contribution < 1.29 is 0 Å². The van der Waals surface area contributed by atoms with Crippen molar-refractivity contribution in [2.75, 3.05) is 0 Å². The maximum absolute atomic E-state index is 5.22. The third-order valence-electron chi connectivity index (χ3n) is 11.1. The first-order chi connectivity index (χ1) is 25.6. The van der Waals surface area contributed by atoms with Crippen LogP contribution in [-0.4, -0.2) is 9.97 Å². The van der Waals surface area contributed by atoms with Gasteiger partial charge in [0.05, 0.1) is 11.4 Å². The molecule has 1 heterocycles. The van der Waals surface area contributed by atoms with Crippen molar-refractivity contribution >= 4 is 10.8 Å². The number of fused-ring (bicyclic) bond motifs is 4. The molecule has 9 rings (SSSR count). The second-order valence-electron chi connectivity index (χ2n) is 15.9. The molecule has 7 aromatic carbocycles. The Morgan fingerprint density at radius 3 is 1.57 bits per heavy atom. The summed E-state index contributed by atoms with van der Waals surface area (Å²) in [5.41, 5.74) is 16.7. The van der Waals surface area contributed by atoms with Crippen LogP contribution in [-0.2, 0) is 10.8 Å². The van der Waals surface area contributed by atoms with E-state index < -0.39 is 0 Å². The summed E-state index contributed by atoms with van der Waals surface area (Å²) in [6, 6.07) is 59.1. The summed E-state index contributed by atoms with van der Waals surface area (Å²) in [5, 5.41) is 2.38. The molecule has 0 spiro atoms. The topological polar surface area (TPSA) is 25.8 Å². The molecule has 0 radical (unpaired) electrons. The lowest BCUT2D eigenvalue weighted by Crippen LogP contribution is -2.17. The van der Waals surface area contributed by atoms with Gasteiger partial charge in [-0.15, -0.1) is 0 Å². The lowest BCUT2D eigenvalue weighted by Gasteiger charge is -2.25. The molecule has 0 amide bonds. The summed E-state index contributed by atoms with van der Waals surface area (Å²) in [6.07, 6.45) is 0. The second-order valence-corrected chi connectivity index (χ2v) is 15.9. The molecule has 0 saturated carbocycles. The van der Waals surface area contributed by atoms with Gasteiger partial charge in [-0.3, -0.25) is 0 Å². The van der Waals surface area contributed by atoms with Crippen LogP contribution in [0.4, 0.5) is 0 Å². The summed E-state index contributed by atoms with van der Waals surface area (Å²) in [4.78, 5) is 10.3. The lowest BCUT2D eigenvalue weighted by atomic mass is 9.78. The first-order valence-corrected chi connectivity index (χ1v) is 18.6. The molecule has 0 aliphatic heterocycles. The van der Waals surface area contributed by atoms with Crippen molar-refractivity contribution in [3.8, 4) is 67.3 Å². The predicted octanol–water partition coefficient (Wildman–Crippen LogP) is 13.6. The molecular formula is C51H42N2. The van der Waals surface area contributed by atoms with E-state index in [0.717, 1.165) is 28.1 Å². The van der Waals surface area contributed by atoms with Crippen LogP contribution in [0.5, 0.6) is 0 Å². The van der Waals surface area contributed by atoms with E-state index in [0.29, 0.717) is 5.82 Å². The number of hydrogen-bond donors (Lipinski definition) is 0. The van der Waals surface area contributed by atoms with Crippen molar-refractivity contribution in [3.05, 3.63) is 180 Å². The molecule has 1 aromatic heterocycles. The van der Waals surface area contributed by atoms with Crippen LogP contribution in [0.2, 0.25) is 0 Å². The van der Waals surface area contributed by atoms with Gasteiger partial charge in [0.25, 0.3) is 0 Å². The van der Waals surface area contributed by atoms with E-state index >= 15 is 0 Å². The van der Waals surface area contributed by atoms with Crippen molar-refractivity contribution in [1.29, 1.82) is 0 Å². The normalized spacial score (nSPS) is 13.2. The highest BCUT2D eigenvalue weighted by molar-refractivity contribution is 6.05. The summed E-state index contributed by atoms with van der Waals surface area (Å²) in [6.45, 7) is 11.6. The predicted molar refractivity (Wildman–Crippen MR) is 223 cm³/mol. The first kappa shape index (κ1) is 32.8. The van der Waals surface area contributed by atoms with E-state index in [1.807, 2.05) is 18.2 Å². The van der Waals surface area contributed by atoms with E-state index in [9.17, 15) is 0 Å². The molecule has 2 nitrogen and oxygen atoms in total. The Bertz CT molecular complexity index is 2640. The molecule has 53 heavy (non-hydrogen) atoms. The fourth-order valence-corrected chi connectivity index (χ4v) is 8.06. The maximum atomic E-state index is 5.22. The zero-order valence-electron chi connectivity index (χ0n) is 31.0. The van der Waals surface area contributed by atoms with E-state index in [4.69, 9.17) is 9.97 Å². The maximum Gasteiger partial charge on any atom is 0.160 e. The quantitative estimate of drug-likeness (QED) is 0.181. The Labute approximate surface area is 312 Å². The zero-order valence-corrected chi connectivity index (χ0v) is 31.0. The average molecular weight is 683 g/mol. The SMILES string of the molecule is CC(C)(C)c1ccc2c(c1)C(C)(C)c1cc(-c3ccc(-c4cc(-c5ccc(-c6ccccc6)cc5)nc(-c5ccccc5)n4)c4ccccc34)ccc1-2. The molecule has 1 aliphatic carbocycles. The minimum absolute atomic E-state index is 0.0951. The molecule has 0 saturated heterocycles. The lowest BCUT2D eigenvalue weighted by molar-refractivity contribution is 0.584. The molecule has 0 bridgehead atoms. The summed E-state index contributed by atoms with van der Waals surface area (Å²) in [7, 11) is 0. The highest BCUT2D eigenvalue weighted by Gasteiger charge is 2.36. The van der Waals surface area contributed by atoms with E-state index in [1.165, 1.54) is 60.8 Å². The van der Waals surface area contributed by atoms with Crippen LogP contribution in [0.1, 0.15) is 51.3 Å². The molecule has 0 atom stereocenters. The van der Waals surface area contributed by atoms with Crippen LogP contribution < -0.4 is 0 Å². The van der Waals surface area contributed by atoms with Crippen molar-refractivity contribution in [2.45, 2.75) is 45.4 Å². The molecule has 0 N–H and O–H groups in total.